The van der Waals surface area contributed by atoms with Crippen molar-refractivity contribution in [3.63, 3.8) is 0 Å². The normalized spacial score (nSPS) is 28.9. The summed E-state index contributed by atoms with van der Waals surface area (Å²) in [6.45, 7) is 3.96. The molecule has 0 aromatic heterocycles. The Morgan fingerprint density at radius 3 is 2.61 bits per heavy atom. The van der Waals surface area contributed by atoms with Crippen molar-refractivity contribution in [2.75, 3.05) is 13.1 Å². The van der Waals surface area contributed by atoms with Gasteiger partial charge in [0.2, 0.25) is 5.91 Å². The lowest BCUT2D eigenvalue weighted by atomic mass is 9.89. The van der Waals surface area contributed by atoms with Gasteiger partial charge in [-0.25, -0.2) is 0 Å². The zero-order chi connectivity index (χ0) is 13.2. The minimum absolute atomic E-state index is 0.314. The van der Waals surface area contributed by atoms with Crippen LogP contribution in [0.1, 0.15) is 51.9 Å². The Balaban J connectivity index is 2.02. The molecule has 1 amide bonds. The minimum Gasteiger partial charge on any atom is -0.368 e. The van der Waals surface area contributed by atoms with Crippen molar-refractivity contribution in [1.82, 2.24) is 4.90 Å². The van der Waals surface area contributed by atoms with E-state index < -0.39 is 5.54 Å². The zero-order valence-corrected chi connectivity index (χ0v) is 11.5. The van der Waals surface area contributed by atoms with Gasteiger partial charge in [0.1, 0.15) is 5.54 Å². The molecular formula is C14H27N3O. The molecule has 2 rings (SSSR count). The van der Waals surface area contributed by atoms with Crippen LogP contribution in [0.2, 0.25) is 0 Å². The Kier molecular flexibility index (Phi) is 4.28. The Bertz CT molecular complexity index is 301. The topological polar surface area (TPSA) is 72.3 Å². The van der Waals surface area contributed by atoms with Crippen molar-refractivity contribution in [3.05, 3.63) is 0 Å². The van der Waals surface area contributed by atoms with E-state index in [1.165, 1.54) is 32.1 Å². The molecule has 4 heteroatoms. The highest BCUT2D eigenvalue weighted by molar-refractivity contribution is 5.85. The van der Waals surface area contributed by atoms with E-state index in [4.69, 9.17) is 11.5 Å². The molecule has 1 aliphatic carbocycles. The standard InChI is InChI=1S/C14H27N3O/c1-2-5-12-6-3-4-9-17(12)10-14(16,13(15)18)11-7-8-11/h11-12H,2-10,16H2,1H3,(H2,15,18). The molecule has 2 aliphatic rings. The molecule has 0 radical (unpaired) electrons. The molecular weight excluding hydrogens is 226 g/mol. The second kappa shape index (κ2) is 5.57. The molecule has 1 saturated carbocycles. The van der Waals surface area contributed by atoms with E-state index in [2.05, 4.69) is 11.8 Å². The largest absolute Gasteiger partial charge is 0.368 e. The highest BCUT2D eigenvalue weighted by atomic mass is 16.1. The Morgan fingerprint density at radius 2 is 2.06 bits per heavy atom. The average molecular weight is 253 g/mol. The monoisotopic (exact) mass is 253 g/mol. The summed E-state index contributed by atoms with van der Waals surface area (Å²) in [5.41, 5.74) is 11.1. The van der Waals surface area contributed by atoms with Crippen molar-refractivity contribution in [3.8, 4) is 0 Å². The molecule has 1 aliphatic heterocycles. The summed E-state index contributed by atoms with van der Waals surface area (Å²) in [6.07, 6.45) is 8.29. The van der Waals surface area contributed by atoms with Crippen LogP contribution in [0, 0.1) is 5.92 Å². The number of likely N-dealkylation sites (tertiary alicyclic amines) is 1. The number of piperidine rings is 1. The summed E-state index contributed by atoms with van der Waals surface area (Å²) in [4.78, 5) is 14.1. The van der Waals surface area contributed by atoms with Gasteiger partial charge in [0.05, 0.1) is 0 Å². The van der Waals surface area contributed by atoms with Crippen molar-refractivity contribution >= 4 is 5.91 Å². The van der Waals surface area contributed by atoms with E-state index in [1.54, 1.807) is 0 Å². The Morgan fingerprint density at radius 1 is 1.33 bits per heavy atom. The highest BCUT2D eigenvalue weighted by Crippen LogP contribution is 2.39. The molecule has 0 spiro atoms. The summed E-state index contributed by atoms with van der Waals surface area (Å²) in [7, 11) is 0. The zero-order valence-electron chi connectivity index (χ0n) is 11.5. The van der Waals surface area contributed by atoms with Crippen molar-refractivity contribution < 1.29 is 4.79 Å². The van der Waals surface area contributed by atoms with Crippen LogP contribution in [0.3, 0.4) is 0 Å². The summed E-state index contributed by atoms with van der Waals surface area (Å²) in [6, 6.07) is 0.602. The van der Waals surface area contributed by atoms with Gasteiger partial charge in [-0.05, 0) is 44.6 Å². The molecule has 18 heavy (non-hydrogen) atoms. The molecule has 0 aromatic rings. The number of hydrogen-bond acceptors (Lipinski definition) is 3. The molecule has 0 bridgehead atoms. The number of carbonyl (C=O) groups is 1. The van der Waals surface area contributed by atoms with Gasteiger partial charge in [0.15, 0.2) is 0 Å². The van der Waals surface area contributed by atoms with E-state index in [0.717, 1.165) is 19.4 Å². The number of nitrogens with zero attached hydrogens (tertiary/aromatic N) is 1. The lowest BCUT2D eigenvalue weighted by Gasteiger charge is -2.40. The van der Waals surface area contributed by atoms with Crippen LogP contribution in [-0.2, 0) is 4.79 Å². The Labute approximate surface area is 110 Å². The lowest BCUT2D eigenvalue weighted by Crippen LogP contribution is -2.62. The molecule has 2 fully saturated rings. The highest BCUT2D eigenvalue weighted by Gasteiger charge is 2.48. The fourth-order valence-corrected chi connectivity index (χ4v) is 3.27. The van der Waals surface area contributed by atoms with Gasteiger partial charge in [0, 0.05) is 12.6 Å². The van der Waals surface area contributed by atoms with Gasteiger partial charge < -0.3 is 11.5 Å². The molecule has 1 saturated heterocycles. The molecule has 2 atom stereocenters. The summed E-state index contributed by atoms with van der Waals surface area (Å²) in [5, 5.41) is 0. The first-order valence-electron chi connectivity index (χ1n) is 7.40. The second-order valence-corrected chi connectivity index (χ2v) is 6.09. The summed E-state index contributed by atoms with van der Waals surface area (Å²) >= 11 is 0. The van der Waals surface area contributed by atoms with Gasteiger partial charge in [-0.15, -0.1) is 0 Å². The quantitative estimate of drug-likeness (QED) is 0.748. The first-order chi connectivity index (χ1) is 8.58. The smallest absolute Gasteiger partial charge is 0.239 e. The third-order valence-corrected chi connectivity index (χ3v) is 4.60. The SMILES string of the molecule is CCCC1CCCCN1CC(N)(C(N)=O)C1CC1. The number of carbonyl (C=O) groups excluding carboxylic acids is 1. The van der Waals surface area contributed by atoms with Crippen molar-refractivity contribution in [2.24, 2.45) is 17.4 Å². The molecule has 2 unspecified atom stereocenters. The lowest BCUT2D eigenvalue weighted by molar-refractivity contribution is -0.125. The first-order valence-corrected chi connectivity index (χ1v) is 7.40. The van der Waals surface area contributed by atoms with Crippen LogP contribution >= 0.6 is 0 Å². The first kappa shape index (κ1) is 13.8. The molecule has 4 nitrogen and oxygen atoms in total. The summed E-state index contributed by atoms with van der Waals surface area (Å²) in [5.74, 6) is 0.00465. The van der Waals surface area contributed by atoms with Crippen molar-refractivity contribution in [2.45, 2.75) is 63.5 Å². The molecule has 1 heterocycles. The van der Waals surface area contributed by atoms with E-state index >= 15 is 0 Å². The van der Waals surface area contributed by atoms with Gasteiger partial charge >= 0.3 is 0 Å². The average Bonchev–Trinajstić information content (AvgIpc) is 3.16. The third-order valence-electron chi connectivity index (χ3n) is 4.60. The van der Waals surface area contributed by atoms with Crippen LogP contribution in [0.5, 0.6) is 0 Å². The fraction of sp³-hybridized carbons (Fsp3) is 0.929. The predicted octanol–water partition coefficient (Wildman–Crippen LogP) is 1.23. The molecule has 0 aromatic carbocycles. The molecule has 104 valence electrons. The van der Waals surface area contributed by atoms with E-state index in [1.807, 2.05) is 0 Å². The van der Waals surface area contributed by atoms with Gasteiger partial charge in [-0.3, -0.25) is 9.69 Å². The second-order valence-electron chi connectivity index (χ2n) is 6.09. The van der Waals surface area contributed by atoms with Crippen LogP contribution in [0.15, 0.2) is 0 Å². The number of primary amides is 1. The van der Waals surface area contributed by atoms with Crippen LogP contribution in [-0.4, -0.2) is 35.5 Å². The van der Waals surface area contributed by atoms with E-state index in [0.29, 0.717) is 18.5 Å². The predicted molar refractivity (Wildman–Crippen MR) is 73.0 cm³/mol. The fourth-order valence-electron chi connectivity index (χ4n) is 3.27. The number of hydrogen-bond donors (Lipinski definition) is 2. The maximum absolute atomic E-state index is 11.7. The number of nitrogens with two attached hydrogens (primary N) is 2. The van der Waals surface area contributed by atoms with Crippen LogP contribution < -0.4 is 11.5 Å². The van der Waals surface area contributed by atoms with E-state index in [-0.39, 0.29) is 5.91 Å². The van der Waals surface area contributed by atoms with Gasteiger partial charge in [-0.1, -0.05) is 19.8 Å². The number of amides is 1. The van der Waals surface area contributed by atoms with Gasteiger partial charge in [0.25, 0.3) is 0 Å². The van der Waals surface area contributed by atoms with Crippen LogP contribution in [0.25, 0.3) is 0 Å². The van der Waals surface area contributed by atoms with Crippen LogP contribution in [0.4, 0.5) is 0 Å². The third kappa shape index (κ3) is 2.86. The Hall–Kier alpha value is -0.610. The maximum Gasteiger partial charge on any atom is 0.239 e. The van der Waals surface area contributed by atoms with Crippen molar-refractivity contribution in [1.29, 1.82) is 0 Å². The maximum atomic E-state index is 11.7. The summed E-state index contributed by atoms with van der Waals surface area (Å²) < 4.78 is 0. The minimum atomic E-state index is -0.788. The van der Waals surface area contributed by atoms with Gasteiger partial charge in [-0.2, -0.15) is 0 Å². The van der Waals surface area contributed by atoms with E-state index in [9.17, 15) is 4.79 Å². The number of rotatable bonds is 6. The molecule has 4 N–H and O–H groups in total.